The lowest BCUT2D eigenvalue weighted by atomic mass is 9.90. The van der Waals surface area contributed by atoms with Crippen LogP contribution in [0.1, 0.15) is 17.0 Å². The molecule has 0 saturated carbocycles. The average molecular weight is 299 g/mol. The van der Waals surface area contributed by atoms with Crippen molar-refractivity contribution in [1.29, 1.82) is 0 Å². The summed E-state index contributed by atoms with van der Waals surface area (Å²) in [6.45, 7) is 4.15. The van der Waals surface area contributed by atoms with E-state index in [0.29, 0.717) is 6.54 Å². The molecule has 1 aliphatic rings. The van der Waals surface area contributed by atoms with E-state index in [1.165, 1.54) is 4.88 Å². The number of aryl methyl sites for hydroxylation is 1. The summed E-state index contributed by atoms with van der Waals surface area (Å²) in [5.74, 6) is 0.169. The van der Waals surface area contributed by atoms with Crippen LogP contribution in [-0.2, 0) is 17.6 Å². The summed E-state index contributed by atoms with van der Waals surface area (Å²) >= 11 is 1.66. The Balaban J connectivity index is 1.76. The standard InChI is InChI=1S/C16H17N3OS/c1-2-8-18-15(20)11-6-7-12-14(10-11)21-16(19-12)13-5-3-4-9-17-13/h2-5,9,11H,1,6-8,10H2,(H,18,20). The third kappa shape index (κ3) is 3.03. The van der Waals surface area contributed by atoms with E-state index < -0.39 is 0 Å². The van der Waals surface area contributed by atoms with Gasteiger partial charge in [-0.1, -0.05) is 12.1 Å². The molecule has 1 unspecified atom stereocenters. The number of amides is 1. The number of nitrogens with zero attached hydrogens (tertiary/aromatic N) is 2. The topological polar surface area (TPSA) is 54.9 Å². The Hall–Kier alpha value is -2.01. The first-order valence-corrected chi connectivity index (χ1v) is 7.88. The molecular formula is C16H17N3OS. The molecule has 1 N–H and O–H groups in total. The lowest BCUT2D eigenvalue weighted by Gasteiger charge is -2.19. The van der Waals surface area contributed by atoms with Crippen molar-refractivity contribution in [2.24, 2.45) is 5.92 Å². The highest BCUT2D eigenvalue weighted by atomic mass is 32.1. The molecule has 0 saturated heterocycles. The number of carbonyl (C=O) groups is 1. The maximum Gasteiger partial charge on any atom is 0.223 e. The molecular weight excluding hydrogens is 282 g/mol. The Kier molecular flexibility index (Phi) is 4.10. The number of hydrogen-bond acceptors (Lipinski definition) is 4. The van der Waals surface area contributed by atoms with Gasteiger partial charge in [0.1, 0.15) is 5.01 Å². The van der Waals surface area contributed by atoms with E-state index in [0.717, 1.165) is 35.7 Å². The van der Waals surface area contributed by atoms with Crippen molar-refractivity contribution in [3.05, 3.63) is 47.6 Å². The molecule has 0 radical (unpaired) electrons. The number of thiazole rings is 1. The van der Waals surface area contributed by atoms with Crippen molar-refractivity contribution in [2.75, 3.05) is 6.54 Å². The van der Waals surface area contributed by atoms with E-state index in [-0.39, 0.29) is 11.8 Å². The number of fused-ring (bicyclic) bond motifs is 1. The maximum atomic E-state index is 12.1. The summed E-state index contributed by atoms with van der Waals surface area (Å²) in [6, 6.07) is 5.84. The molecule has 2 heterocycles. The van der Waals surface area contributed by atoms with Crippen molar-refractivity contribution < 1.29 is 4.79 Å². The predicted octanol–water partition coefficient (Wildman–Crippen LogP) is 2.61. The van der Waals surface area contributed by atoms with E-state index >= 15 is 0 Å². The quantitative estimate of drug-likeness (QED) is 0.883. The van der Waals surface area contributed by atoms with E-state index in [1.807, 2.05) is 18.2 Å². The number of carbonyl (C=O) groups excluding carboxylic acids is 1. The van der Waals surface area contributed by atoms with Gasteiger partial charge in [0.15, 0.2) is 0 Å². The van der Waals surface area contributed by atoms with Crippen LogP contribution in [0.5, 0.6) is 0 Å². The SMILES string of the molecule is C=CCNC(=O)C1CCc2nc(-c3ccccn3)sc2C1. The van der Waals surface area contributed by atoms with Crippen molar-refractivity contribution in [3.63, 3.8) is 0 Å². The predicted molar refractivity (Wildman–Crippen MR) is 84.1 cm³/mol. The Morgan fingerprint density at radius 3 is 3.19 bits per heavy atom. The second kappa shape index (κ2) is 6.18. The van der Waals surface area contributed by atoms with Gasteiger partial charge in [-0.15, -0.1) is 17.9 Å². The molecule has 2 aromatic rings. The average Bonchev–Trinajstić information content (AvgIpc) is 2.96. The highest BCUT2D eigenvalue weighted by Crippen LogP contribution is 2.33. The summed E-state index contributed by atoms with van der Waals surface area (Å²) in [7, 11) is 0. The second-order valence-corrected chi connectivity index (χ2v) is 6.16. The molecule has 4 nitrogen and oxygen atoms in total. The smallest absolute Gasteiger partial charge is 0.223 e. The Labute approximate surface area is 128 Å². The van der Waals surface area contributed by atoms with Gasteiger partial charge in [-0.2, -0.15) is 0 Å². The van der Waals surface area contributed by atoms with Crippen LogP contribution in [0.25, 0.3) is 10.7 Å². The van der Waals surface area contributed by atoms with Crippen molar-refractivity contribution >= 4 is 17.2 Å². The summed E-state index contributed by atoms with van der Waals surface area (Å²) in [5, 5.41) is 3.84. The third-order valence-electron chi connectivity index (χ3n) is 3.62. The molecule has 0 aromatic carbocycles. The van der Waals surface area contributed by atoms with Crippen molar-refractivity contribution in [1.82, 2.24) is 15.3 Å². The molecule has 3 rings (SSSR count). The van der Waals surface area contributed by atoms with Crippen LogP contribution >= 0.6 is 11.3 Å². The molecule has 0 bridgehead atoms. The third-order valence-corrected chi connectivity index (χ3v) is 4.76. The summed E-state index contributed by atoms with van der Waals surface area (Å²) in [4.78, 5) is 22.3. The normalized spacial score (nSPS) is 17.0. The second-order valence-electron chi connectivity index (χ2n) is 5.08. The fourth-order valence-corrected chi connectivity index (χ4v) is 3.68. The molecule has 1 amide bonds. The van der Waals surface area contributed by atoms with Crippen LogP contribution in [-0.4, -0.2) is 22.4 Å². The van der Waals surface area contributed by atoms with Crippen molar-refractivity contribution in [2.45, 2.75) is 19.3 Å². The number of aromatic nitrogens is 2. The van der Waals surface area contributed by atoms with E-state index in [9.17, 15) is 4.79 Å². The van der Waals surface area contributed by atoms with Crippen LogP contribution in [0.3, 0.4) is 0 Å². The van der Waals surface area contributed by atoms with Crippen LogP contribution in [0.4, 0.5) is 0 Å². The van der Waals surface area contributed by atoms with Crippen LogP contribution in [0.15, 0.2) is 37.1 Å². The minimum absolute atomic E-state index is 0.0504. The molecule has 2 aromatic heterocycles. The largest absolute Gasteiger partial charge is 0.352 e. The Morgan fingerprint density at radius 2 is 2.43 bits per heavy atom. The highest BCUT2D eigenvalue weighted by Gasteiger charge is 2.27. The first kappa shape index (κ1) is 13.9. The molecule has 108 valence electrons. The first-order chi connectivity index (χ1) is 10.3. The summed E-state index contributed by atoms with van der Waals surface area (Å²) in [6.07, 6.45) is 5.99. The zero-order chi connectivity index (χ0) is 14.7. The van der Waals surface area contributed by atoms with E-state index in [1.54, 1.807) is 23.6 Å². The first-order valence-electron chi connectivity index (χ1n) is 7.06. The van der Waals surface area contributed by atoms with Gasteiger partial charge in [0.05, 0.1) is 11.4 Å². The van der Waals surface area contributed by atoms with Gasteiger partial charge >= 0.3 is 0 Å². The monoisotopic (exact) mass is 299 g/mol. The zero-order valence-corrected chi connectivity index (χ0v) is 12.5. The van der Waals surface area contributed by atoms with Crippen LogP contribution in [0.2, 0.25) is 0 Å². The molecule has 1 atom stereocenters. The summed E-state index contributed by atoms with van der Waals surface area (Å²) in [5.41, 5.74) is 2.04. The fraction of sp³-hybridized carbons (Fsp3) is 0.312. The molecule has 0 fully saturated rings. The highest BCUT2D eigenvalue weighted by molar-refractivity contribution is 7.15. The van der Waals surface area contributed by atoms with Crippen LogP contribution < -0.4 is 5.32 Å². The number of nitrogens with one attached hydrogen (secondary N) is 1. The minimum atomic E-state index is 0.0504. The van der Waals surface area contributed by atoms with E-state index in [2.05, 4.69) is 21.9 Å². The van der Waals surface area contributed by atoms with Gasteiger partial charge in [-0.3, -0.25) is 9.78 Å². The summed E-state index contributed by atoms with van der Waals surface area (Å²) < 4.78 is 0. The molecule has 21 heavy (non-hydrogen) atoms. The molecule has 5 heteroatoms. The number of pyridine rings is 1. The van der Waals surface area contributed by atoms with Crippen LogP contribution in [0, 0.1) is 5.92 Å². The van der Waals surface area contributed by atoms with Gasteiger partial charge < -0.3 is 5.32 Å². The number of rotatable bonds is 4. The Bertz CT molecular complexity index is 651. The van der Waals surface area contributed by atoms with E-state index in [4.69, 9.17) is 0 Å². The zero-order valence-electron chi connectivity index (χ0n) is 11.7. The minimum Gasteiger partial charge on any atom is -0.352 e. The lowest BCUT2D eigenvalue weighted by Crippen LogP contribution is -2.33. The molecule has 1 aliphatic carbocycles. The van der Waals surface area contributed by atoms with Gasteiger partial charge in [-0.05, 0) is 31.4 Å². The van der Waals surface area contributed by atoms with Gasteiger partial charge in [0, 0.05) is 23.5 Å². The lowest BCUT2D eigenvalue weighted by molar-refractivity contribution is -0.125. The van der Waals surface area contributed by atoms with Gasteiger partial charge in [0.25, 0.3) is 0 Å². The molecule has 0 spiro atoms. The van der Waals surface area contributed by atoms with Gasteiger partial charge in [-0.25, -0.2) is 4.98 Å². The maximum absolute atomic E-state index is 12.1. The van der Waals surface area contributed by atoms with Crippen molar-refractivity contribution in [3.8, 4) is 10.7 Å². The van der Waals surface area contributed by atoms with Gasteiger partial charge in [0.2, 0.25) is 5.91 Å². The number of hydrogen-bond donors (Lipinski definition) is 1. The molecule has 0 aliphatic heterocycles. The fourth-order valence-electron chi connectivity index (χ4n) is 2.51. The Morgan fingerprint density at radius 1 is 1.52 bits per heavy atom.